The zero-order chi connectivity index (χ0) is 36.4. The van der Waals surface area contributed by atoms with E-state index in [9.17, 15) is 32.7 Å². The number of unbranched alkanes of at least 4 members (excludes halogenated alkanes) is 9. The molecule has 1 aliphatic rings. The van der Waals surface area contributed by atoms with Crippen molar-refractivity contribution in [2.24, 2.45) is 0 Å². The highest BCUT2D eigenvalue weighted by Gasteiger charge is 2.44. The van der Waals surface area contributed by atoms with Gasteiger partial charge < -0.3 is 19.3 Å². The molecule has 0 spiro atoms. The minimum Gasteiger partial charge on any atom is -0.480 e. The Labute approximate surface area is 293 Å². The molecule has 1 atom stereocenters. The molecule has 10 heteroatoms. The van der Waals surface area contributed by atoms with Crippen molar-refractivity contribution < 1.29 is 46.9 Å². The molecule has 7 nitrogen and oxygen atoms in total. The van der Waals surface area contributed by atoms with E-state index in [0.29, 0.717) is 18.8 Å². The van der Waals surface area contributed by atoms with Gasteiger partial charge in [0.05, 0.1) is 5.56 Å². The van der Waals surface area contributed by atoms with Crippen LogP contribution in [-0.2, 0) is 24.5 Å². The Morgan fingerprint density at radius 2 is 1.42 bits per heavy atom. The second-order valence-corrected chi connectivity index (χ2v) is 12.7. The van der Waals surface area contributed by atoms with Crippen LogP contribution in [0.2, 0.25) is 0 Å². The van der Waals surface area contributed by atoms with E-state index >= 15 is 0 Å². The summed E-state index contributed by atoms with van der Waals surface area (Å²) in [5, 5.41) is 10.4. The van der Waals surface area contributed by atoms with Crippen molar-refractivity contribution in [3.05, 3.63) is 89.5 Å². The maximum Gasteiger partial charge on any atom is 0.425 e. The molecule has 0 bridgehead atoms. The number of benzene rings is 2. The van der Waals surface area contributed by atoms with Crippen LogP contribution in [0.5, 0.6) is 5.75 Å². The first kappa shape index (κ1) is 40.5. The zero-order valence-electron chi connectivity index (χ0n) is 29.2. The van der Waals surface area contributed by atoms with E-state index in [1.807, 2.05) is 0 Å². The molecule has 0 aromatic heterocycles. The lowest BCUT2D eigenvalue weighted by Crippen LogP contribution is -2.37. The third-order valence-corrected chi connectivity index (χ3v) is 8.88. The number of carboxylic acids is 1. The monoisotopic (exact) mass is 700 g/mol. The number of esters is 2. The van der Waals surface area contributed by atoms with Crippen molar-refractivity contribution in [2.45, 2.75) is 121 Å². The minimum absolute atomic E-state index is 0.0108. The highest BCUT2D eigenvalue weighted by molar-refractivity contribution is 5.97. The average Bonchev–Trinajstić information content (AvgIpc) is 3.10. The predicted octanol–water partition coefficient (Wildman–Crippen LogP) is 10.0. The number of rotatable bonds is 22. The molecule has 2 aromatic carbocycles. The van der Waals surface area contributed by atoms with Crippen molar-refractivity contribution in [2.75, 3.05) is 13.2 Å². The standard InChI is InChI=1S/C40H51F3O7/c1-3-5-6-7-8-9-10-11-12-13-20-36(44)49-32-23-21-30(22-24-32)31-25-27-39(28-26-31,38(46)47)34-18-15-14-17-33(34)37(45)50-35(40(41,42)43)19-16-29-48-4-2/h14-15,17-18,21-28,31,35H,3-13,16,19-20,29H2,1-2H3,(H,46,47)/t31?,35-,39?/m1/s1. The average molecular weight is 701 g/mol. The van der Waals surface area contributed by atoms with Crippen LogP contribution in [0.4, 0.5) is 13.2 Å². The van der Waals surface area contributed by atoms with Gasteiger partial charge in [-0.05, 0) is 55.5 Å². The van der Waals surface area contributed by atoms with Crippen LogP contribution in [0, 0.1) is 0 Å². The SMILES string of the molecule is CCCCCCCCCCCCC(=O)Oc1ccc(C2C=CC(C(=O)O)(c3ccccc3C(=O)O[C@H](CCCOCC)C(F)(F)F)C=C2)cc1. The van der Waals surface area contributed by atoms with Crippen molar-refractivity contribution in [3.8, 4) is 5.75 Å². The smallest absolute Gasteiger partial charge is 0.425 e. The van der Waals surface area contributed by atoms with Crippen LogP contribution < -0.4 is 4.74 Å². The van der Waals surface area contributed by atoms with Gasteiger partial charge in [0, 0.05) is 25.6 Å². The van der Waals surface area contributed by atoms with Crippen LogP contribution in [0.1, 0.15) is 125 Å². The minimum atomic E-state index is -4.81. The highest BCUT2D eigenvalue weighted by atomic mass is 19.4. The van der Waals surface area contributed by atoms with Crippen molar-refractivity contribution in [1.82, 2.24) is 0 Å². The van der Waals surface area contributed by atoms with Gasteiger partial charge in [-0.3, -0.25) is 9.59 Å². The van der Waals surface area contributed by atoms with Crippen LogP contribution in [0.15, 0.2) is 72.8 Å². The predicted molar refractivity (Wildman–Crippen MR) is 186 cm³/mol. The van der Waals surface area contributed by atoms with Gasteiger partial charge in [0.1, 0.15) is 11.2 Å². The van der Waals surface area contributed by atoms with E-state index in [0.717, 1.165) is 24.8 Å². The number of aliphatic carboxylic acids is 1. The van der Waals surface area contributed by atoms with E-state index in [-0.39, 0.29) is 36.0 Å². The molecule has 0 heterocycles. The number of allylic oxidation sites excluding steroid dienone is 2. The summed E-state index contributed by atoms with van der Waals surface area (Å²) in [5.41, 5.74) is -1.30. The second kappa shape index (κ2) is 20.7. The van der Waals surface area contributed by atoms with Gasteiger partial charge in [-0.25, -0.2) is 4.79 Å². The van der Waals surface area contributed by atoms with Gasteiger partial charge in [-0.1, -0.05) is 119 Å². The summed E-state index contributed by atoms with van der Waals surface area (Å²) in [7, 11) is 0. The Morgan fingerprint density at radius 3 is 2.00 bits per heavy atom. The third kappa shape index (κ3) is 12.4. The number of carbonyl (C=O) groups excluding carboxylic acids is 2. The zero-order valence-corrected chi connectivity index (χ0v) is 29.2. The fourth-order valence-electron chi connectivity index (χ4n) is 6.01. The van der Waals surface area contributed by atoms with Crippen LogP contribution in [0.25, 0.3) is 0 Å². The molecular formula is C40H51F3O7. The van der Waals surface area contributed by atoms with E-state index in [2.05, 4.69) is 6.92 Å². The molecule has 1 aliphatic carbocycles. The van der Waals surface area contributed by atoms with E-state index < -0.39 is 36.1 Å². The van der Waals surface area contributed by atoms with Crippen molar-refractivity contribution in [3.63, 3.8) is 0 Å². The molecule has 0 saturated carbocycles. The number of carboxylic acid groups (broad SMARTS) is 1. The maximum absolute atomic E-state index is 13.7. The first-order valence-electron chi connectivity index (χ1n) is 17.9. The molecule has 0 fully saturated rings. The Balaban J connectivity index is 1.60. The summed E-state index contributed by atoms with van der Waals surface area (Å²) in [5.74, 6) is -2.78. The number of hydrogen-bond donors (Lipinski definition) is 1. The Hall–Kier alpha value is -3.92. The van der Waals surface area contributed by atoms with Gasteiger partial charge in [-0.15, -0.1) is 0 Å². The molecule has 2 aromatic rings. The summed E-state index contributed by atoms with van der Waals surface area (Å²) in [4.78, 5) is 38.2. The molecule has 0 unspecified atom stereocenters. The number of hydrogen-bond acceptors (Lipinski definition) is 6. The molecule has 1 N–H and O–H groups in total. The first-order chi connectivity index (χ1) is 24.0. The summed E-state index contributed by atoms with van der Waals surface area (Å²) in [6.45, 7) is 4.38. The molecule has 50 heavy (non-hydrogen) atoms. The fourth-order valence-corrected chi connectivity index (χ4v) is 6.01. The largest absolute Gasteiger partial charge is 0.480 e. The number of ether oxygens (including phenoxy) is 3. The Morgan fingerprint density at radius 1 is 0.820 bits per heavy atom. The van der Waals surface area contributed by atoms with E-state index in [4.69, 9.17) is 14.2 Å². The molecule has 274 valence electrons. The van der Waals surface area contributed by atoms with Crippen molar-refractivity contribution >= 4 is 17.9 Å². The lowest BCUT2D eigenvalue weighted by molar-refractivity contribution is -0.206. The van der Waals surface area contributed by atoms with Gasteiger partial charge >= 0.3 is 24.1 Å². The summed E-state index contributed by atoms with van der Waals surface area (Å²) >= 11 is 0. The summed E-state index contributed by atoms with van der Waals surface area (Å²) in [6, 6.07) is 12.6. The number of carbonyl (C=O) groups is 3. The lowest BCUT2D eigenvalue weighted by Gasteiger charge is -2.29. The van der Waals surface area contributed by atoms with Crippen LogP contribution in [0.3, 0.4) is 0 Å². The Kier molecular flexibility index (Phi) is 16.8. The van der Waals surface area contributed by atoms with E-state index in [1.165, 1.54) is 81.4 Å². The molecule has 0 amide bonds. The van der Waals surface area contributed by atoms with Crippen LogP contribution in [-0.4, -0.2) is 48.5 Å². The van der Waals surface area contributed by atoms with Gasteiger partial charge in [0.25, 0.3) is 0 Å². The Bertz CT molecular complexity index is 1400. The van der Waals surface area contributed by atoms with Crippen molar-refractivity contribution in [1.29, 1.82) is 0 Å². The molecule has 0 saturated heterocycles. The summed E-state index contributed by atoms with van der Waals surface area (Å²) < 4.78 is 56.7. The van der Waals surface area contributed by atoms with Gasteiger partial charge in [0.2, 0.25) is 0 Å². The molecule has 3 rings (SSSR count). The molecule has 0 aliphatic heterocycles. The second-order valence-electron chi connectivity index (χ2n) is 12.7. The third-order valence-electron chi connectivity index (χ3n) is 8.88. The maximum atomic E-state index is 13.7. The molecule has 0 radical (unpaired) electrons. The van der Waals surface area contributed by atoms with E-state index in [1.54, 1.807) is 43.3 Å². The van der Waals surface area contributed by atoms with Gasteiger partial charge in [-0.2, -0.15) is 13.2 Å². The molecular weight excluding hydrogens is 649 g/mol. The highest BCUT2D eigenvalue weighted by Crippen LogP contribution is 2.38. The number of alkyl halides is 3. The topological polar surface area (TPSA) is 99.1 Å². The van der Waals surface area contributed by atoms with Crippen LogP contribution >= 0.6 is 0 Å². The lowest BCUT2D eigenvalue weighted by atomic mass is 9.73. The van der Waals surface area contributed by atoms with Gasteiger partial charge in [0.15, 0.2) is 6.10 Å². The normalized spacial score (nSPS) is 17.7. The first-order valence-corrected chi connectivity index (χ1v) is 17.9. The fraction of sp³-hybridized carbons (Fsp3) is 0.525. The quantitative estimate of drug-likeness (QED) is 0.0565. The summed E-state index contributed by atoms with van der Waals surface area (Å²) in [6.07, 6.45) is 10.7. The number of halogens is 3.